The van der Waals surface area contributed by atoms with Crippen LogP contribution in [0.25, 0.3) is 0 Å². The third-order valence-electron chi connectivity index (χ3n) is 1.33. The van der Waals surface area contributed by atoms with Crippen molar-refractivity contribution >= 4 is 27.3 Å². The summed E-state index contributed by atoms with van der Waals surface area (Å²) < 4.78 is 11.4. The van der Waals surface area contributed by atoms with Gasteiger partial charge in [0, 0.05) is 0 Å². The highest BCUT2D eigenvalue weighted by atomic mass is 79.9. The standard InChI is InChI=1S/C6H6BrNO2S/c7-5-1-8-6(11-5)10-4-2-9-3-4/h1,4H,2-3H2. The molecule has 0 N–H and O–H groups in total. The molecule has 1 aromatic rings. The van der Waals surface area contributed by atoms with Crippen LogP contribution in [0.2, 0.25) is 0 Å². The van der Waals surface area contributed by atoms with Gasteiger partial charge in [-0.25, -0.2) is 4.98 Å². The van der Waals surface area contributed by atoms with Crippen LogP contribution in [0.3, 0.4) is 0 Å². The lowest BCUT2D eigenvalue weighted by Gasteiger charge is -2.24. The molecule has 0 amide bonds. The van der Waals surface area contributed by atoms with Gasteiger partial charge in [0.05, 0.1) is 23.2 Å². The average molecular weight is 236 g/mol. The minimum absolute atomic E-state index is 0.216. The van der Waals surface area contributed by atoms with Crippen LogP contribution in [0.5, 0.6) is 5.19 Å². The Morgan fingerprint density at radius 3 is 3.00 bits per heavy atom. The molecule has 1 aliphatic rings. The van der Waals surface area contributed by atoms with Gasteiger partial charge < -0.3 is 9.47 Å². The average Bonchev–Trinajstić information content (AvgIpc) is 2.27. The lowest BCUT2D eigenvalue weighted by Crippen LogP contribution is -2.38. The van der Waals surface area contributed by atoms with E-state index in [1.807, 2.05) is 0 Å². The van der Waals surface area contributed by atoms with Gasteiger partial charge in [-0.15, -0.1) is 0 Å². The van der Waals surface area contributed by atoms with Gasteiger partial charge in [-0.2, -0.15) is 0 Å². The van der Waals surface area contributed by atoms with E-state index in [-0.39, 0.29) is 6.10 Å². The van der Waals surface area contributed by atoms with Gasteiger partial charge in [-0.3, -0.25) is 0 Å². The summed E-state index contributed by atoms with van der Waals surface area (Å²) >= 11 is 4.80. The Morgan fingerprint density at radius 2 is 2.55 bits per heavy atom. The Bertz CT molecular complexity index is 248. The minimum Gasteiger partial charge on any atom is -0.462 e. The first-order valence-electron chi connectivity index (χ1n) is 3.20. The van der Waals surface area contributed by atoms with Crippen LogP contribution in [0.1, 0.15) is 0 Å². The normalized spacial score (nSPS) is 17.9. The van der Waals surface area contributed by atoms with Crippen LogP contribution < -0.4 is 4.74 Å². The zero-order valence-electron chi connectivity index (χ0n) is 5.62. The molecule has 1 fully saturated rings. The van der Waals surface area contributed by atoms with Gasteiger partial charge in [0.25, 0.3) is 5.19 Å². The highest BCUT2D eigenvalue weighted by Crippen LogP contribution is 2.26. The summed E-state index contributed by atoms with van der Waals surface area (Å²) in [6, 6.07) is 0. The number of thiazole rings is 1. The molecule has 60 valence electrons. The molecule has 0 radical (unpaired) electrons. The maximum Gasteiger partial charge on any atom is 0.274 e. The lowest BCUT2D eigenvalue weighted by molar-refractivity contribution is -0.0797. The maximum atomic E-state index is 5.42. The number of nitrogens with zero attached hydrogens (tertiary/aromatic N) is 1. The fraction of sp³-hybridized carbons (Fsp3) is 0.500. The summed E-state index contributed by atoms with van der Waals surface area (Å²) in [6.45, 7) is 1.38. The Morgan fingerprint density at radius 1 is 1.73 bits per heavy atom. The Kier molecular flexibility index (Phi) is 2.11. The van der Waals surface area contributed by atoms with Crippen LogP contribution in [0.15, 0.2) is 9.98 Å². The van der Waals surface area contributed by atoms with E-state index >= 15 is 0 Å². The van der Waals surface area contributed by atoms with Gasteiger partial charge in [-0.1, -0.05) is 11.3 Å². The largest absolute Gasteiger partial charge is 0.462 e. The molecule has 0 saturated carbocycles. The van der Waals surface area contributed by atoms with Crippen LogP contribution in [-0.2, 0) is 4.74 Å². The number of halogens is 1. The van der Waals surface area contributed by atoms with Crippen molar-refractivity contribution < 1.29 is 9.47 Å². The molecule has 3 nitrogen and oxygen atoms in total. The second-order valence-electron chi connectivity index (χ2n) is 2.21. The Hall–Kier alpha value is -0.130. The van der Waals surface area contributed by atoms with Crippen molar-refractivity contribution in [1.82, 2.24) is 4.98 Å². The number of hydrogen-bond donors (Lipinski definition) is 0. The molecule has 1 aliphatic heterocycles. The van der Waals surface area contributed by atoms with E-state index in [2.05, 4.69) is 20.9 Å². The van der Waals surface area contributed by atoms with Crippen LogP contribution in [0, 0.1) is 0 Å². The molecular weight excluding hydrogens is 230 g/mol. The second-order valence-corrected chi connectivity index (χ2v) is 4.58. The summed E-state index contributed by atoms with van der Waals surface area (Å²) in [5.74, 6) is 0. The SMILES string of the molecule is Brc1cnc(OC2COC2)s1. The smallest absolute Gasteiger partial charge is 0.274 e. The third-order valence-corrected chi connectivity index (χ3v) is 2.70. The molecule has 0 bridgehead atoms. The van der Waals surface area contributed by atoms with Crippen molar-refractivity contribution in [2.45, 2.75) is 6.10 Å². The minimum atomic E-state index is 0.216. The number of ether oxygens (including phenoxy) is 2. The molecule has 1 saturated heterocycles. The first kappa shape index (κ1) is 7.52. The third kappa shape index (κ3) is 1.72. The molecule has 0 aliphatic carbocycles. The highest BCUT2D eigenvalue weighted by molar-refractivity contribution is 9.11. The zero-order chi connectivity index (χ0) is 7.68. The fourth-order valence-electron chi connectivity index (χ4n) is 0.719. The molecule has 2 heterocycles. The van der Waals surface area contributed by atoms with Crippen molar-refractivity contribution in [1.29, 1.82) is 0 Å². The summed E-state index contributed by atoms with van der Waals surface area (Å²) in [6.07, 6.45) is 1.95. The van der Waals surface area contributed by atoms with E-state index in [0.29, 0.717) is 18.4 Å². The Balaban J connectivity index is 1.95. The molecule has 5 heteroatoms. The van der Waals surface area contributed by atoms with E-state index in [1.165, 1.54) is 11.3 Å². The van der Waals surface area contributed by atoms with Crippen molar-refractivity contribution in [2.75, 3.05) is 13.2 Å². The van der Waals surface area contributed by atoms with E-state index in [9.17, 15) is 0 Å². The predicted molar refractivity (Wildman–Crippen MR) is 45.0 cm³/mol. The molecule has 0 unspecified atom stereocenters. The van der Waals surface area contributed by atoms with Gasteiger partial charge in [0.15, 0.2) is 0 Å². The molecule has 0 aromatic carbocycles. The van der Waals surface area contributed by atoms with Crippen molar-refractivity contribution in [3.8, 4) is 5.19 Å². The van der Waals surface area contributed by atoms with E-state index in [4.69, 9.17) is 9.47 Å². The lowest BCUT2D eigenvalue weighted by atomic mass is 10.3. The zero-order valence-corrected chi connectivity index (χ0v) is 8.02. The van der Waals surface area contributed by atoms with E-state index < -0.39 is 0 Å². The summed E-state index contributed by atoms with van der Waals surface area (Å²) in [7, 11) is 0. The van der Waals surface area contributed by atoms with Crippen LogP contribution in [0.4, 0.5) is 0 Å². The summed E-state index contributed by atoms with van der Waals surface area (Å²) in [5, 5.41) is 0.713. The monoisotopic (exact) mass is 235 g/mol. The van der Waals surface area contributed by atoms with Gasteiger partial charge in [0.2, 0.25) is 0 Å². The van der Waals surface area contributed by atoms with Gasteiger partial charge in [0.1, 0.15) is 6.10 Å². The first-order chi connectivity index (χ1) is 5.34. The van der Waals surface area contributed by atoms with E-state index in [0.717, 1.165) is 3.79 Å². The maximum absolute atomic E-state index is 5.42. The summed E-state index contributed by atoms with van der Waals surface area (Å²) in [5.41, 5.74) is 0. The topological polar surface area (TPSA) is 31.4 Å². The highest BCUT2D eigenvalue weighted by Gasteiger charge is 2.21. The number of rotatable bonds is 2. The molecule has 2 rings (SSSR count). The molecule has 0 atom stereocenters. The predicted octanol–water partition coefficient (Wildman–Crippen LogP) is 1.68. The van der Waals surface area contributed by atoms with Crippen molar-refractivity contribution in [3.05, 3.63) is 9.98 Å². The van der Waals surface area contributed by atoms with Gasteiger partial charge in [-0.05, 0) is 15.9 Å². The second kappa shape index (κ2) is 3.08. The van der Waals surface area contributed by atoms with Crippen molar-refractivity contribution in [3.63, 3.8) is 0 Å². The molecular formula is C6H6BrNO2S. The summed E-state index contributed by atoms with van der Waals surface area (Å²) in [4.78, 5) is 4.03. The number of hydrogen-bond acceptors (Lipinski definition) is 4. The molecule has 11 heavy (non-hydrogen) atoms. The van der Waals surface area contributed by atoms with Crippen LogP contribution in [-0.4, -0.2) is 24.3 Å². The molecule has 0 spiro atoms. The van der Waals surface area contributed by atoms with Crippen LogP contribution >= 0.6 is 27.3 Å². The Labute approximate surface area is 76.5 Å². The number of aromatic nitrogens is 1. The first-order valence-corrected chi connectivity index (χ1v) is 4.81. The van der Waals surface area contributed by atoms with Gasteiger partial charge >= 0.3 is 0 Å². The molecule has 1 aromatic heterocycles. The quantitative estimate of drug-likeness (QED) is 0.782. The van der Waals surface area contributed by atoms with E-state index in [1.54, 1.807) is 6.20 Å². The fourth-order valence-corrected chi connectivity index (χ4v) is 1.80. The van der Waals surface area contributed by atoms with Crippen molar-refractivity contribution in [2.24, 2.45) is 0 Å².